The molecular formula is C15H21IN2O. The number of anilines is 1. The number of amides is 1. The molecule has 1 fully saturated rings. The second kappa shape index (κ2) is 7.24. The zero-order valence-electron chi connectivity index (χ0n) is 11.3. The summed E-state index contributed by atoms with van der Waals surface area (Å²) in [5.74, 6) is 0.122. The largest absolute Gasteiger partial charge is 0.326 e. The maximum atomic E-state index is 12.0. The number of aryl methyl sites for hydroxylation is 1. The number of hydrogen-bond acceptors (Lipinski definition) is 2. The highest BCUT2D eigenvalue weighted by Gasteiger charge is 2.14. The Kier molecular flexibility index (Phi) is 5.63. The Labute approximate surface area is 128 Å². The SMILES string of the molecule is Cc1cc(I)ccc1NC(=O)CCC1CCCCN1. The number of piperidine rings is 1. The molecule has 4 heteroatoms. The Hall–Kier alpha value is -0.620. The van der Waals surface area contributed by atoms with Crippen molar-refractivity contribution >= 4 is 34.2 Å². The lowest BCUT2D eigenvalue weighted by atomic mass is 10.0. The van der Waals surface area contributed by atoms with Crippen LogP contribution in [-0.2, 0) is 4.79 Å². The number of halogens is 1. The van der Waals surface area contributed by atoms with Crippen molar-refractivity contribution in [3.8, 4) is 0 Å². The summed E-state index contributed by atoms with van der Waals surface area (Å²) in [5.41, 5.74) is 2.05. The van der Waals surface area contributed by atoms with Gasteiger partial charge in [-0.3, -0.25) is 4.79 Å². The smallest absolute Gasteiger partial charge is 0.224 e. The standard InChI is InChI=1S/C15H21IN2O/c1-11-10-12(16)5-7-14(11)18-15(19)8-6-13-4-2-3-9-17-13/h5,7,10,13,17H,2-4,6,8-9H2,1H3,(H,18,19). The zero-order chi connectivity index (χ0) is 13.7. The van der Waals surface area contributed by atoms with Crippen molar-refractivity contribution in [1.29, 1.82) is 0 Å². The highest BCUT2D eigenvalue weighted by molar-refractivity contribution is 14.1. The molecule has 1 aliphatic heterocycles. The van der Waals surface area contributed by atoms with Gasteiger partial charge in [0.2, 0.25) is 5.91 Å². The maximum absolute atomic E-state index is 12.0. The number of benzene rings is 1. The molecule has 2 rings (SSSR count). The van der Waals surface area contributed by atoms with E-state index in [-0.39, 0.29) is 5.91 Å². The third-order valence-electron chi connectivity index (χ3n) is 3.59. The number of hydrogen-bond donors (Lipinski definition) is 2. The normalized spacial score (nSPS) is 19.2. The first-order chi connectivity index (χ1) is 9.15. The van der Waals surface area contributed by atoms with Crippen LogP contribution in [0, 0.1) is 10.5 Å². The van der Waals surface area contributed by atoms with Crippen LogP contribution in [0.15, 0.2) is 18.2 Å². The van der Waals surface area contributed by atoms with Gasteiger partial charge in [0.1, 0.15) is 0 Å². The van der Waals surface area contributed by atoms with E-state index in [1.165, 1.54) is 22.8 Å². The van der Waals surface area contributed by atoms with Gasteiger partial charge in [-0.25, -0.2) is 0 Å². The fourth-order valence-corrected chi connectivity index (χ4v) is 3.10. The third kappa shape index (κ3) is 4.76. The van der Waals surface area contributed by atoms with Crippen LogP contribution in [0.5, 0.6) is 0 Å². The summed E-state index contributed by atoms with van der Waals surface area (Å²) in [6.07, 6.45) is 5.30. The Bertz CT molecular complexity index is 442. The van der Waals surface area contributed by atoms with E-state index in [1.807, 2.05) is 19.1 Å². The van der Waals surface area contributed by atoms with Gasteiger partial charge >= 0.3 is 0 Å². The zero-order valence-corrected chi connectivity index (χ0v) is 13.5. The summed E-state index contributed by atoms with van der Waals surface area (Å²) in [4.78, 5) is 12.0. The Morgan fingerprint density at radius 1 is 1.47 bits per heavy atom. The predicted octanol–water partition coefficient (Wildman–Crippen LogP) is 3.46. The minimum Gasteiger partial charge on any atom is -0.326 e. The molecule has 19 heavy (non-hydrogen) atoms. The van der Waals surface area contributed by atoms with Crippen molar-refractivity contribution in [1.82, 2.24) is 5.32 Å². The van der Waals surface area contributed by atoms with Gasteiger partial charge in [0.25, 0.3) is 0 Å². The van der Waals surface area contributed by atoms with Crippen LogP contribution < -0.4 is 10.6 Å². The van der Waals surface area contributed by atoms with Crippen LogP contribution in [0.2, 0.25) is 0 Å². The fourth-order valence-electron chi connectivity index (χ4n) is 2.46. The van der Waals surface area contributed by atoms with E-state index in [4.69, 9.17) is 0 Å². The molecule has 104 valence electrons. The van der Waals surface area contributed by atoms with Crippen molar-refractivity contribution in [2.45, 2.75) is 45.1 Å². The quantitative estimate of drug-likeness (QED) is 0.795. The van der Waals surface area contributed by atoms with E-state index in [9.17, 15) is 4.79 Å². The molecule has 1 unspecified atom stereocenters. The van der Waals surface area contributed by atoms with Crippen molar-refractivity contribution in [3.63, 3.8) is 0 Å². The summed E-state index contributed by atoms with van der Waals surface area (Å²) in [5, 5.41) is 6.48. The van der Waals surface area contributed by atoms with Crippen LogP contribution in [-0.4, -0.2) is 18.5 Å². The summed E-state index contributed by atoms with van der Waals surface area (Å²) >= 11 is 2.28. The van der Waals surface area contributed by atoms with Gasteiger partial charge in [-0.15, -0.1) is 0 Å². The monoisotopic (exact) mass is 372 g/mol. The van der Waals surface area contributed by atoms with E-state index in [2.05, 4.69) is 39.3 Å². The topological polar surface area (TPSA) is 41.1 Å². The molecule has 1 amide bonds. The predicted molar refractivity (Wildman–Crippen MR) is 87.4 cm³/mol. The third-order valence-corrected chi connectivity index (χ3v) is 4.27. The maximum Gasteiger partial charge on any atom is 0.224 e. The first-order valence-electron chi connectivity index (χ1n) is 6.94. The molecule has 1 heterocycles. The summed E-state index contributed by atoms with van der Waals surface area (Å²) in [6.45, 7) is 3.13. The van der Waals surface area contributed by atoms with Crippen LogP contribution in [0.1, 0.15) is 37.7 Å². The summed E-state index contributed by atoms with van der Waals surface area (Å²) in [6, 6.07) is 6.61. The average molecular weight is 372 g/mol. The number of carbonyl (C=O) groups is 1. The highest BCUT2D eigenvalue weighted by atomic mass is 127. The molecule has 1 aromatic carbocycles. The highest BCUT2D eigenvalue weighted by Crippen LogP contribution is 2.18. The van der Waals surface area contributed by atoms with Gasteiger partial charge in [0.05, 0.1) is 0 Å². The van der Waals surface area contributed by atoms with E-state index in [1.54, 1.807) is 0 Å². The number of carbonyl (C=O) groups excluding carboxylic acids is 1. The molecule has 0 spiro atoms. The van der Waals surface area contributed by atoms with Gasteiger partial charge in [-0.1, -0.05) is 6.42 Å². The molecule has 0 bridgehead atoms. The van der Waals surface area contributed by atoms with Crippen LogP contribution >= 0.6 is 22.6 Å². The molecule has 0 aromatic heterocycles. The Morgan fingerprint density at radius 3 is 3.00 bits per heavy atom. The summed E-state index contributed by atoms with van der Waals surface area (Å²) in [7, 11) is 0. The van der Waals surface area contributed by atoms with Crippen molar-refractivity contribution in [2.24, 2.45) is 0 Å². The first kappa shape index (κ1) is 14.8. The number of rotatable bonds is 4. The molecular weight excluding hydrogens is 351 g/mol. The molecule has 1 saturated heterocycles. The minimum atomic E-state index is 0.122. The van der Waals surface area contributed by atoms with Crippen molar-refractivity contribution in [3.05, 3.63) is 27.3 Å². The van der Waals surface area contributed by atoms with Crippen LogP contribution in [0.25, 0.3) is 0 Å². The van der Waals surface area contributed by atoms with Crippen molar-refractivity contribution in [2.75, 3.05) is 11.9 Å². The van der Waals surface area contributed by atoms with E-state index < -0.39 is 0 Å². The molecule has 0 saturated carbocycles. The molecule has 1 aromatic rings. The second-order valence-corrected chi connectivity index (χ2v) is 6.44. The van der Waals surface area contributed by atoms with Gasteiger partial charge in [0, 0.05) is 21.7 Å². The van der Waals surface area contributed by atoms with Crippen LogP contribution in [0.3, 0.4) is 0 Å². The average Bonchev–Trinajstić information content (AvgIpc) is 2.41. The number of nitrogens with one attached hydrogen (secondary N) is 2. The molecule has 0 radical (unpaired) electrons. The van der Waals surface area contributed by atoms with E-state index in [0.717, 1.165) is 24.2 Å². The van der Waals surface area contributed by atoms with Gasteiger partial charge < -0.3 is 10.6 Å². The van der Waals surface area contributed by atoms with Gasteiger partial charge in [-0.2, -0.15) is 0 Å². The van der Waals surface area contributed by atoms with Gasteiger partial charge in [-0.05, 0) is 79.1 Å². The van der Waals surface area contributed by atoms with E-state index in [0.29, 0.717) is 12.5 Å². The summed E-state index contributed by atoms with van der Waals surface area (Å²) < 4.78 is 1.19. The molecule has 2 N–H and O–H groups in total. The van der Waals surface area contributed by atoms with Crippen molar-refractivity contribution < 1.29 is 4.79 Å². The Balaban J connectivity index is 1.80. The molecule has 1 aliphatic rings. The molecule has 0 aliphatic carbocycles. The minimum absolute atomic E-state index is 0.122. The lowest BCUT2D eigenvalue weighted by Gasteiger charge is -2.23. The van der Waals surface area contributed by atoms with Gasteiger partial charge in [0.15, 0.2) is 0 Å². The van der Waals surface area contributed by atoms with Crippen LogP contribution in [0.4, 0.5) is 5.69 Å². The fraction of sp³-hybridized carbons (Fsp3) is 0.533. The lowest BCUT2D eigenvalue weighted by molar-refractivity contribution is -0.116. The van der Waals surface area contributed by atoms with E-state index >= 15 is 0 Å². The Morgan fingerprint density at radius 2 is 2.32 bits per heavy atom. The molecule has 3 nitrogen and oxygen atoms in total. The lowest BCUT2D eigenvalue weighted by Crippen LogP contribution is -2.34. The molecule has 1 atom stereocenters. The first-order valence-corrected chi connectivity index (χ1v) is 8.02. The second-order valence-electron chi connectivity index (χ2n) is 5.19.